The van der Waals surface area contributed by atoms with Gasteiger partial charge in [0.15, 0.2) is 0 Å². The van der Waals surface area contributed by atoms with Crippen molar-refractivity contribution in [1.29, 1.82) is 0 Å². The smallest absolute Gasteiger partial charge is 0.321 e. The zero-order valence-electron chi connectivity index (χ0n) is 13.6. The summed E-state index contributed by atoms with van der Waals surface area (Å²) in [6, 6.07) is 6.61. The number of nitrogens with one attached hydrogen (secondary N) is 4. The summed E-state index contributed by atoms with van der Waals surface area (Å²) >= 11 is 0. The Bertz CT molecular complexity index is 601. The van der Waals surface area contributed by atoms with Gasteiger partial charge in [-0.15, -0.1) is 0 Å². The number of carbonyl (C=O) groups excluding carboxylic acids is 3. The number of rotatable bonds is 8. The number of urea groups is 1. The summed E-state index contributed by atoms with van der Waals surface area (Å²) in [5, 5.41) is 10.5. The first-order valence-electron chi connectivity index (χ1n) is 7.80. The van der Waals surface area contributed by atoms with Crippen LogP contribution in [-0.2, 0) is 9.53 Å². The lowest BCUT2D eigenvalue weighted by atomic mass is 10.1. The summed E-state index contributed by atoms with van der Waals surface area (Å²) in [5.41, 5.74) is 1.02. The van der Waals surface area contributed by atoms with Gasteiger partial charge in [0.1, 0.15) is 0 Å². The molecule has 0 aliphatic heterocycles. The summed E-state index contributed by atoms with van der Waals surface area (Å²) in [7, 11) is 1.52. The number of ether oxygens (including phenoxy) is 1. The molecule has 130 valence electrons. The number of methoxy groups -OCH3 is 1. The Labute approximate surface area is 140 Å². The molecule has 0 aromatic heterocycles. The average molecular weight is 334 g/mol. The van der Waals surface area contributed by atoms with Gasteiger partial charge >= 0.3 is 6.03 Å². The van der Waals surface area contributed by atoms with E-state index in [-0.39, 0.29) is 18.5 Å². The molecule has 0 saturated heterocycles. The Balaban J connectivity index is 1.81. The van der Waals surface area contributed by atoms with Gasteiger partial charge in [-0.05, 0) is 25.0 Å². The molecule has 1 fully saturated rings. The van der Waals surface area contributed by atoms with Crippen LogP contribution in [0.15, 0.2) is 24.3 Å². The van der Waals surface area contributed by atoms with E-state index < -0.39 is 11.9 Å². The maximum absolute atomic E-state index is 12.2. The summed E-state index contributed by atoms with van der Waals surface area (Å²) in [6.07, 6.45) is 2.00. The number of imide groups is 1. The SMILES string of the molecule is COCCNC(=O)NC(=O)CNc1ccccc1C(=O)NC1CC1. The average Bonchev–Trinajstić information content (AvgIpc) is 3.37. The zero-order valence-corrected chi connectivity index (χ0v) is 13.6. The van der Waals surface area contributed by atoms with Crippen LogP contribution < -0.4 is 21.3 Å². The molecule has 2 rings (SSSR count). The van der Waals surface area contributed by atoms with Gasteiger partial charge < -0.3 is 20.7 Å². The zero-order chi connectivity index (χ0) is 17.4. The van der Waals surface area contributed by atoms with Crippen LogP contribution in [-0.4, -0.2) is 50.7 Å². The van der Waals surface area contributed by atoms with Gasteiger partial charge in [-0.1, -0.05) is 12.1 Å². The molecule has 0 atom stereocenters. The minimum atomic E-state index is -0.585. The Morgan fingerprint density at radius 3 is 2.67 bits per heavy atom. The summed E-state index contributed by atoms with van der Waals surface area (Å²) < 4.78 is 4.79. The summed E-state index contributed by atoms with van der Waals surface area (Å²) in [6.45, 7) is 0.558. The molecule has 4 amide bonds. The molecule has 1 aliphatic rings. The van der Waals surface area contributed by atoms with Crippen LogP contribution in [0.4, 0.5) is 10.5 Å². The van der Waals surface area contributed by atoms with Gasteiger partial charge in [-0.2, -0.15) is 0 Å². The maximum Gasteiger partial charge on any atom is 0.321 e. The lowest BCUT2D eigenvalue weighted by Gasteiger charge is -2.12. The third kappa shape index (κ3) is 5.88. The second-order valence-electron chi connectivity index (χ2n) is 5.44. The van der Waals surface area contributed by atoms with E-state index in [0.29, 0.717) is 24.4 Å². The third-order valence-electron chi connectivity index (χ3n) is 3.37. The van der Waals surface area contributed by atoms with Crippen molar-refractivity contribution in [3.05, 3.63) is 29.8 Å². The Morgan fingerprint density at radius 1 is 1.21 bits per heavy atom. The highest BCUT2D eigenvalue weighted by Crippen LogP contribution is 2.21. The number of hydrogen-bond donors (Lipinski definition) is 4. The molecule has 0 bridgehead atoms. The van der Waals surface area contributed by atoms with Crippen molar-refractivity contribution < 1.29 is 19.1 Å². The first-order valence-corrected chi connectivity index (χ1v) is 7.80. The molecule has 1 aromatic rings. The minimum absolute atomic E-state index is 0.120. The van der Waals surface area contributed by atoms with Crippen LogP contribution in [0.3, 0.4) is 0 Å². The molecule has 0 unspecified atom stereocenters. The Kier molecular flexibility index (Phi) is 6.56. The van der Waals surface area contributed by atoms with E-state index >= 15 is 0 Å². The van der Waals surface area contributed by atoms with E-state index in [1.807, 2.05) is 0 Å². The lowest BCUT2D eigenvalue weighted by molar-refractivity contribution is -0.118. The molecular formula is C16H22N4O4. The predicted molar refractivity (Wildman–Crippen MR) is 88.8 cm³/mol. The standard InChI is InChI=1S/C16H22N4O4/c1-24-9-8-17-16(23)20-14(21)10-18-13-5-3-2-4-12(13)15(22)19-11-6-7-11/h2-5,11,18H,6-10H2,1H3,(H,19,22)(H2,17,20,21,23). The van der Waals surface area contributed by atoms with Gasteiger partial charge in [0.2, 0.25) is 5.91 Å². The Morgan fingerprint density at radius 2 is 1.96 bits per heavy atom. The highest BCUT2D eigenvalue weighted by atomic mass is 16.5. The topological polar surface area (TPSA) is 109 Å². The van der Waals surface area contributed by atoms with Crippen LogP contribution >= 0.6 is 0 Å². The quantitative estimate of drug-likeness (QED) is 0.517. The molecule has 1 aliphatic carbocycles. The number of para-hydroxylation sites is 1. The molecule has 1 aromatic carbocycles. The fourth-order valence-electron chi connectivity index (χ4n) is 1.98. The van der Waals surface area contributed by atoms with Crippen LogP contribution in [0.5, 0.6) is 0 Å². The van der Waals surface area contributed by atoms with Crippen molar-refractivity contribution in [3.8, 4) is 0 Å². The molecule has 1 saturated carbocycles. The molecule has 0 radical (unpaired) electrons. The van der Waals surface area contributed by atoms with E-state index in [9.17, 15) is 14.4 Å². The second-order valence-corrected chi connectivity index (χ2v) is 5.44. The normalized spacial score (nSPS) is 13.0. The van der Waals surface area contributed by atoms with Gasteiger partial charge in [0, 0.05) is 25.4 Å². The first-order chi connectivity index (χ1) is 11.6. The molecule has 4 N–H and O–H groups in total. The van der Waals surface area contributed by atoms with Crippen LogP contribution in [0, 0.1) is 0 Å². The van der Waals surface area contributed by atoms with E-state index in [0.717, 1.165) is 12.8 Å². The molecular weight excluding hydrogens is 312 g/mol. The molecule has 8 nitrogen and oxygen atoms in total. The fourth-order valence-corrected chi connectivity index (χ4v) is 1.98. The van der Waals surface area contributed by atoms with Crippen LogP contribution in [0.2, 0.25) is 0 Å². The summed E-state index contributed by atoms with van der Waals surface area (Å²) in [4.78, 5) is 35.4. The third-order valence-corrected chi connectivity index (χ3v) is 3.37. The van der Waals surface area contributed by atoms with E-state index in [1.54, 1.807) is 24.3 Å². The van der Waals surface area contributed by atoms with Crippen molar-refractivity contribution in [2.45, 2.75) is 18.9 Å². The maximum atomic E-state index is 12.2. The second kappa shape index (κ2) is 8.88. The number of anilines is 1. The van der Waals surface area contributed by atoms with E-state index in [4.69, 9.17) is 4.74 Å². The number of amides is 4. The molecule has 0 spiro atoms. The van der Waals surface area contributed by atoms with Crippen molar-refractivity contribution in [3.63, 3.8) is 0 Å². The van der Waals surface area contributed by atoms with Crippen LogP contribution in [0.1, 0.15) is 23.2 Å². The van der Waals surface area contributed by atoms with Gasteiger partial charge in [0.05, 0.1) is 18.7 Å². The van der Waals surface area contributed by atoms with Gasteiger partial charge in [-0.3, -0.25) is 14.9 Å². The fraction of sp³-hybridized carbons (Fsp3) is 0.438. The molecule has 8 heteroatoms. The van der Waals surface area contributed by atoms with Crippen molar-refractivity contribution in [2.24, 2.45) is 0 Å². The highest BCUT2D eigenvalue weighted by molar-refractivity contribution is 6.01. The number of hydrogen-bond acceptors (Lipinski definition) is 5. The molecule has 24 heavy (non-hydrogen) atoms. The monoisotopic (exact) mass is 334 g/mol. The van der Waals surface area contributed by atoms with E-state index in [2.05, 4.69) is 21.3 Å². The van der Waals surface area contributed by atoms with Crippen LogP contribution in [0.25, 0.3) is 0 Å². The number of benzene rings is 1. The van der Waals surface area contributed by atoms with Gasteiger partial charge in [-0.25, -0.2) is 4.79 Å². The summed E-state index contributed by atoms with van der Waals surface area (Å²) in [5.74, 6) is -0.666. The van der Waals surface area contributed by atoms with Crippen molar-refractivity contribution in [1.82, 2.24) is 16.0 Å². The first kappa shape index (κ1) is 17.7. The molecule has 0 heterocycles. The van der Waals surface area contributed by atoms with Crippen molar-refractivity contribution >= 4 is 23.5 Å². The largest absolute Gasteiger partial charge is 0.383 e. The Hall–Kier alpha value is -2.61. The number of carbonyl (C=O) groups is 3. The van der Waals surface area contributed by atoms with E-state index in [1.165, 1.54) is 7.11 Å². The van der Waals surface area contributed by atoms with Crippen molar-refractivity contribution in [2.75, 3.05) is 32.1 Å². The minimum Gasteiger partial charge on any atom is -0.383 e. The highest BCUT2D eigenvalue weighted by Gasteiger charge is 2.24. The van der Waals surface area contributed by atoms with Gasteiger partial charge in [0.25, 0.3) is 5.91 Å². The lowest BCUT2D eigenvalue weighted by Crippen LogP contribution is -2.43. The predicted octanol–water partition coefficient (Wildman–Crippen LogP) is 0.463.